The lowest BCUT2D eigenvalue weighted by Gasteiger charge is -2.16. The maximum absolute atomic E-state index is 5.95. The third-order valence-corrected chi connectivity index (χ3v) is 2.97. The van der Waals surface area contributed by atoms with Crippen LogP contribution in [-0.4, -0.2) is 32.3 Å². The SMILES string of the molecule is CC(C)C(N)CCNCC1CCOC1. The highest BCUT2D eigenvalue weighted by molar-refractivity contribution is 4.69. The van der Waals surface area contributed by atoms with Crippen LogP contribution in [0.15, 0.2) is 0 Å². The second-order valence-corrected chi connectivity index (χ2v) is 4.63. The lowest BCUT2D eigenvalue weighted by molar-refractivity contribution is 0.185. The van der Waals surface area contributed by atoms with Gasteiger partial charge in [-0.15, -0.1) is 0 Å². The van der Waals surface area contributed by atoms with E-state index in [2.05, 4.69) is 19.2 Å². The zero-order chi connectivity index (χ0) is 10.4. The van der Waals surface area contributed by atoms with E-state index in [4.69, 9.17) is 10.5 Å². The van der Waals surface area contributed by atoms with Crippen molar-refractivity contribution in [3.05, 3.63) is 0 Å². The van der Waals surface area contributed by atoms with E-state index in [0.29, 0.717) is 12.0 Å². The third-order valence-electron chi connectivity index (χ3n) is 2.97. The summed E-state index contributed by atoms with van der Waals surface area (Å²) in [4.78, 5) is 0. The standard InChI is InChI=1S/C11H24N2O/c1-9(2)11(12)3-5-13-7-10-4-6-14-8-10/h9-11,13H,3-8,12H2,1-2H3. The molecule has 2 atom stereocenters. The van der Waals surface area contributed by atoms with Gasteiger partial charge in [-0.3, -0.25) is 0 Å². The summed E-state index contributed by atoms with van der Waals surface area (Å²) in [6, 6.07) is 0.335. The summed E-state index contributed by atoms with van der Waals surface area (Å²) in [5.41, 5.74) is 5.95. The number of hydrogen-bond donors (Lipinski definition) is 2. The maximum atomic E-state index is 5.95. The fourth-order valence-electron chi connectivity index (χ4n) is 1.65. The Hall–Kier alpha value is -0.120. The molecule has 1 aliphatic heterocycles. The smallest absolute Gasteiger partial charge is 0.0507 e. The van der Waals surface area contributed by atoms with Crippen molar-refractivity contribution in [3.63, 3.8) is 0 Å². The highest BCUT2D eigenvalue weighted by Crippen LogP contribution is 2.10. The van der Waals surface area contributed by atoms with Crippen molar-refractivity contribution in [1.82, 2.24) is 5.32 Å². The van der Waals surface area contributed by atoms with Gasteiger partial charge in [0, 0.05) is 19.2 Å². The highest BCUT2D eigenvalue weighted by atomic mass is 16.5. The molecule has 0 aliphatic carbocycles. The quantitative estimate of drug-likeness (QED) is 0.628. The van der Waals surface area contributed by atoms with Crippen LogP contribution >= 0.6 is 0 Å². The predicted octanol–water partition coefficient (Wildman–Crippen LogP) is 0.986. The van der Waals surface area contributed by atoms with Crippen LogP contribution in [0.2, 0.25) is 0 Å². The van der Waals surface area contributed by atoms with Gasteiger partial charge in [-0.2, -0.15) is 0 Å². The predicted molar refractivity (Wildman–Crippen MR) is 59.2 cm³/mol. The van der Waals surface area contributed by atoms with Crippen molar-refractivity contribution in [1.29, 1.82) is 0 Å². The van der Waals surface area contributed by atoms with Crippen molar-refractivity contribution < 1.29 is 4.74 Å². The van der Waals surface area contributed by atoms with Gasteiger partial charge in [0.05, 0.1) is 6.61 Å². The van der Waals surface area contributed by atoms with E-state index in [9.17, 15) is 0 Å². The molecule has 0 aromatic rings. The molecule has 0 amide bonds. The molecule has 3 heteroatoms. The zero-order valence-corrected chi connectivity index (χ0v) is 9.46. The van der Waals surface area contributed by atoms with Crippen molar-refractivity contribution >= 4 is 0 Å². The number of ether oxygens (including phenoxy) is 1. The van der Waals surface area contributed by atoms with Crippen LogP contribution in [0.5, 0.6) is 0 Å². The molecule has 0 radical (unpaired) electrons. The van der Waals surface area contributed by atoms with E-state index in [1.807, 2.05) is 0 Å². The van der Waals surface area contributed by atoms with Gasteiger partial charge >= 0.3 is 0 Å². The molecule has 3 nitrogen and oxygen atoms in total. The van der Waals surface area contributed by atoms with E-state index >= 15 is 0 Å². The molecular weight excluding hydrogens is 176 g/mol. The van der Waals surface area contributed by atoms with Crippen molar-refractivity contribution in [2.24, 2.45) is 17.6 Å². The van der Waals surface area contributed by atoms with Gasteiger partial charge in [-0.1, -0.05) is 13.8 Å². The van der Waals surface area contributed by atoms with E-state index < -0.39 is 0 Å². The van der Waals surface area contributed by atoms with E-state index in [1.54, 1.807) is 0 Å². The first-order valence-electron chi connectivity index (χ1n) is 5.74. The van der Waals surface area contributed by atoms with E-state index in [0.717, 1.165) is 38.6 Å². The average molecular weight is 200 g/mol. The van der Waals surface area contributed by atoms with Crippen molar-refractivity contribution in [2.75, 3.05) is 26.3 Å². The van der Waals surface area contributed by atoms with Gasteiger partial charge in [0.25, 0.3) is 0 Å². The normalized spacial score (nSPS) is 24.4. The monoisotopic (exact) mass is 200 g/mol. The first-order valence-corrected chi connectivity index (χ1v) is 5.74. The molecule has 1 fully saturated rings. The van der Waals surface area contributed by atoms with Crippen LogP contribution in [0.4, 0.5) is 0 Å². The van der Waals surface area contributed by atoms with Gasteiger partial charge in [-0.25, -0.2) is 0 Å². The Morgan fingerprint density at radius 2 is 2.29 bits per heavy atom. The minimum absolute atomic E-state index is 0.335. The topological polar surface area (TPSA) is 47.3 Å². The molecule has 0 saturated carbocycles. The summed E-state index contributed by atoms with van der Waals surface area (Å²) in [5, 5.41) is 3.45. The van der Waals surface area contributed by atoms with Gasteiger partial charge in [-0.05, 0) is 31.2 Å². The molecule has 3 N–H and O–H groups in total. The molecule has 1 saturated heterocycles. The first-order chi connectivity index (χ1) is 6.70. The van der Waals surface area contributed by atoms with Gasteiger partial charge in [0.2, 0.25) is 0 Å². The molecule has 0 aromatic carbocycles. The molecule has 14 heavy (non-hydrogen) atoms. The van der Waals surface area contributed by atoms with Crippen LogP contribution in [-0.2, 0) is 4.74 Å². The largest absolute Gasteiger partial charge is 0.381 e. The van der Waals surface area contributed by atoms with Crippen LogP contribution in [0, 0.1) is 11.8 Å². The van der Waals surface area contributed by atoms with Crippen molar-refractivity contribution in [2.45, 2.75) is 32.7 Å². The summed E-state index contributed by atoms with van der Waals surface area (Å²) in [5.74, 6) is 1.32. The Bertz CT molecular complexity index is 140. The first kappa shape index (κ1) is 12.0. The number of hydrogen-bond acceptors (Lipinski definition) is 3. The number of nitrogens with two attached hydrogens (primary N) is 1. The van der Waals surface area contributed by atoms with Crippen LogP contribution in [0.3, 0.4) is 0 Å². The average Bonchev–Trinajstić information content (AvgIpc) is 2.64. The molecule has 0 spiro atoms. The summed E-state index contributed by atoms with van der Waals surface area (Å²) >= 11 is 0. The molecule has 0 aromatic heterocycles. The minimum Gasteiger partial charge on any atom is -0.381 e. The number of rotatable bonds is 6. The van der Waals surface area contributed by atoms with Gasteiger partial charge in [0.1, 0.15) is 0 Å². The summed E-state index contributed by atoms with van der Waals surface area (Å²) in [6.07, 6.45) is 2.29. The second kappa shape index (κ2) is 6.38. The lowest BCUT2D eigenvalue weighted by atomic mass is 10.0. The summed E-state index contributed by atoms with van der Waals surface area (Å²) in [7, 11) is 0. The lowest BCUT2D eigenvalue weighted by Crippen LogP contribution is -2.32. The zero-order valence-electron chi connectivity index (χ0n) is 9.46. The number of nitrogens with one attached hydrogen (secondary N) is 1. The minimum atomic E-state index is 0.335. The maximum Gasteiger partial charge on any atom is 0.0507 e. The van der Waals surface area contributed by atoms with Gasteiger partial charge < -0.3 is 15.8 Å². The molecule has 2 unspecified atom stereocenters. The molecular formula is C11H24N2O. The van der Waals surface area contributed by atoms with Crippen LogP contribution in [0.1, 0.15) is 26.7 Å². The fraction of sp³-hybridized carbons (Fsp3) is 1.00. The summed E-state index contributed by atoms with van der Waals surface area (Å²) in [6.45, 7) is 8.35. The third kappa shape index (κ3) is 4.40. The Kier molecular flexibility index (Phi) is 5.45. The molecule has 1 aliphatic rings. The molecule has 1 rings (SSSR count). The van der Waals surface area contributed by atoms with Crippen molar-refractivity contribution in [3.8, 4) is 0 Å². The van der Waals surface area contributed by atoms with Crippen LogP contribution in [0.25, 0.3) is 0 Å². The summed E-state index contributed by atoms with van der Waals surface area (Å²) < 4.78 is 5.31. The Balaban J connectivity index is 1.93. The van der Waals surface area contributed by atoms with Gasteiger partial charge in [0.15, 0.2) is 0 Å². The van der Waals surface area contributed by atoms with Crippen LogP contribution < -0.4 is 11.1 Å². The molecule has 0 bridgehead atoms. The highest BCUT2D eigenvalue weighted by Gasteiger charge is 2.14. The Labute approximate surface area is 87.4 Å². The second-order valence-electron chi connectivity index (χ2n) is 4.63. The molecule has 84 valence electrons. The molecule has 1 heterocycles. The Morgan fingerprint density at radius 3 is 2.86 bits per heavy atom. The van der Waals surface area contributed by atoms with E-state index in [1.165, 1.54) is 6.42 Å². The van der Waals surface area contributed by atoms with E-state index in [-0.39, 0.29) is 0 Å². The fourth-order valence-corrected chi connectivity index (χ4v) is 1.65. The Morgan fingerprint density at radius 1 is 1.50 bits per heavy atom.